The lowest BCUT2D eigenvalue weighted by Gasteiger charge is -2.31. The monoisotopic (exact) mass is 203 g/mol. The molecule has 0 bridgehead atoms. The molecule has 0 radical (unpaired) electrons. The first-order valence-corrected chi connectivity index (χ1v) is 5.77. The van der Waals surface area contributed by atoms with Crippen LogP contribution in [0.5, 0.6) is 0 Å². The van der Waals surface area contributed by atoms with E-state index >= 15 is 0 Å². The summed E-state index contributed by atoms with van der Waals surface area (Å²) in [5, 5.41) is 9.70. The number of benzene rings is 1. The highest BCUT2D eigenvalue weighted by Gasteiger charge is 2.31. The molecule has 0 aromatic heterocycles. The second kappa shape index (κ2) is 3.67. The molecule has 3 unspecified atom stereocenters. The summed E-state index contributed by atoms with van der Waals surface area (Å²) in [5.74, 6) is 0.516. The van der Waals surface area contributed by atoms with Crippen molar-refractivity contribution in [1.82, 2.24) is 0 Å². The molecule has 0 spiro atoms. The van der Waals surface area contributed by atoms with Gasteiger partial charge in [-0.15, -0.1) is 11.8 Å². The third-order valence-electron chi connectivity index (χ3n) is 2.97. The number of nitriles is 1. The Morgan fingerprint density at radius 1 is 1.29 bits per heavy atom. The van der Waals surface area contributed by atoms with E-state index in [-0.39, 0.29) is 5.92 Å². The molecule has 14 heavy (non-hydrogen) atoms. The highest BCUT2D eigenvalue weighted by atomic mass is 32.2. The van der Waals surface area contributed by atoms with E-state index in [9.17, 15) is 0 Å². The first kappa shape index (κ1) is 9.61. The van der Waals surface area contributed by atoms with Crippen molar-refractivity contribution in [2.75, 3.05) is 0 Å². The van der Waals surface area contributed by atoms with Gasteiger partial charge in [-0.1, -0.05) is 32.0 Å². The minimum Gasteiger partial charge on any atom is -0.198 e. The number of hydrogen-bond donors (Lipinski definition) is 0. The van der Waals surface area contributed by atoms with Gasteiger partial charge in [-0.25, -0.2) is 0 Å². The summed E-state index contributed by atoms with van der Waals surface area (Å²) in [6.07, 6.45) is 0. The van der Waals surface area contributed by atoms with Gasteiger partial charge in [0.25, 0.3) is 0 Å². The van der Waals surface area contributed by atoms with Gasteiger partial charge in [-0.2, -0.15) is 5.26 Å². The molecule has 1 nitrogen and oxygen atoms in total. The lowest BCUT2D eigenvalue weighted by Crippen LogP contribution is -2.23. The van der Waals surface area contributed by atoms with E-state index in [1.54, 1.807) is 0 Å². The van der Waals surface area contributed by atoms with E-state index in [0.29, 0.717) is 11.2 Å². The van der Waals surface area contributed by atoms with Crippen LogP contribution in [0, 0.1) is 17.2 Å². The van der Waals surface area contributed by atoms with E-state index in [1.807, 2.05) is 23.9 Å². The van der Waals surface area contributed by atoms with Crippen molar-refractivity contribution in [3.05, 3.63) is 29.8 Å². The summed E-state index contributed by atoms with van der Waals surface area (Å²) in [6.45, 7) is 4.37. The molecule has 3 atom stereocenters. The summed E-state index contributed by atoms with van der Waals surface area (Å²) in [6, 6.07) is 10.7. The van der Waals surface area contributed by atoms with Gasteiger partial charge in [0.05, 0.1) is 12.0 Å². The Kier molecular flexibility index (Phi) is 2.52. The second-order valence-corrected chi connectivity index (χ2v) is 5.25. The molecule has 1 aromatic rings. The molecule has 0 fully saturated rings. The quantitative estimate of drug-likeness (QED) is 0.645. The minimum absolute atomic E-state index is 0.0717. The molecule has 0 saturated carbocycles. The fourth-order valence-electron chi connectivity index (χ4n) is 1.89. The van der Waals surface area contributed by atoms with E-state index in [4.69, 9.17) is 5.26 Å². The van der Waals surface area contributed by atoms with Crippen LogP contribution in [-0.4, -0.2) is 5.25 Å². The Balaban J connectivity index is 2.49. The molecule has 0 aliphatic carbocycles. The molecule has 0 saturated heterocycles. The lowest BCUT2D eigenvalue weighted by molar-refractivity contribution is 0.511. The van der Waals surface area contributed by atoms with Crippen LogP contribution < -0.4 is 0 Å². The summed E-state index contributed by atoms with van der Waals surface area (Å²) in [4.78, 5) is 1.28. The Morgan fingerprint density at radius 2 is 2.00 bits per heavy atom. The highest BCUT2D eigenvalue weighted by molar-refractivity contribution is 8.00. The van der Waals surface area contributed by atoms with Gasteiger partial charge in [0, 0.05) is 10.1 Å². The number of rotatable bonds is 0. The van der Waals surface area contributed by atoms with E-state index < -0.39 is 0 Å². The Morgan fingerprint density at radius 3 is 2.71 bits per heavy atom. The summed E-state index contributed by atoms with van der Waals surface area (Å²) < 4.78 is 0. The van der Waals surface area contributed by atoms with E-state index in [0.717, 1.165) is 0 Å². The van der Waals surface area contributed by atoms with Crippen molar-refractivity contribution in [3.8, 4) is 6.07 Å². The average molecular weight is 203 g/mol. The predicted octanol–water partition coefficient (Wildman–Crippen LogP) is 3.42. The molecular weight excluding hydrogens is 190 g/mol. The second-order valence-electron chi connectivity index (χ2n) is 3.83. The molecule has 0 N–H and O–H groups in total. The zero-order valence-electron chi connectivity index (χ0n) is 8.40. The molecule has 0 amide bonds. The molecule has 1 heterocycles. The van der Waals surface area contributed by atoms with Crippen LogP contribution in [0.1, 0.15) is 25.3 Å². The summed E-state index contributed by atoms with van der Waals surface area (Å²) >= 11 is 1.89. The number of nitrogens with zero attached hydrogens (tertiary/aromatic N) is 1. The summed E-state index contributed by atoms with van der Waals surface area (Å²) in [5.41, 5.74) is 1.21. The average Bonchev–Trinajstić information content (AvgIpc) is 2.20. The van der Waals surface area contributed by atoms with Crippen LogP contribution in [0.25, 0.3) is 0 Å². The van der Waals surface area contributed by atoms with Crippen molar-refractivity contribution < 1.29 is 0 Å². The molecular formula is C12H13NS. The third-order valence-corrected chi connectivity index (χ3v) is 4.40. The normalized spacial score (nSPS) is 30.5. The van der Waals surface area contributed by atoms with Crippen LogP contribution in [0.3, 0.4) is 0 Å². The molecule has 1 aliphatic rings. The van der Waals surface area contributed by atoms with Crippen molar-refractivity contribution >= 4 is 11.8 Å². The third kappa shape index (κ3) is 1.42. The van der Waals surface area contributed by atoms with Crippen molar-refractivity contribution in [3.63, 3.8) is 0 Å². The van der Waals surface area contributed by atoms with Gasteiger partial charge in [0.1, 0.15) is 0 Å². The van der Waals surface area contributed by atoms with Crippen molar-refractivity contribution in [2.45, 2.75) is 29.9 Å². The lowest BCUT2D eigenvalue weighted by atomic mass is 9.86. The van der Waals surface area contributed by atoms with Gasteiger partial charge in [-0.05, 0) is 17.5 Å². The van der Waals surface area contributed by atoms with Crippen molar-refractivity contribution in [1.29, 1.82) is 5.26 Å². The summed E-state index contributed by atoms with van der Waals surface area (Å²) in [7, 11) is 0. The molecule has 2 rings (SSSR count). The number of fused-ring (bicyclic) bond motifs is 1. The largest absolute Gasteiger partial charge is 0.198 e. The number of thioether (sulfide) groups is 1. The number of hydrogen-bond acceptors (Lipinski definition) is 2. The maximum absolute atomic E-state index is 9.17. The van der Waals surface area contributed by atoms with Crippen LogP contribution in [0.4, 0.5) is 0 Å². The first-order chi connectivity index (χ1) is 6.74. The van der Waals surface area contributed by atoms with Gasteiger partial charge >= 0.3 is 0 Å². The Labute approximate surface area is 89.1 Å². The first-order valence-electron chi connectivity index (χ1n) is 4.89. The van der Waals surface area contributed by atoms with Gasteiger partial charge < -0.3 is 0 Å². The van der Waals surface area contributed by atoms with Crippen LogP contribution in [0.15, 0.2) is 29.2 Å². The smallest absolute Gasteiger partial charge is 0.0759 e. The highest BCUT2D eigenvalue weighted by Crippen LogP contribution is 2.44. The Hall–Kier alpha value is -0.940. The van der Waals surface area contributed by atoms with Gasteiger partial charge in [0.2, 0.25) is 0 Å². The van der Waals surface area contributed by atoms with Crippen LogP contribution in [-0.2, 0) is 0 Å². The zero-order valence-corrected chi connectivity index (χ0v) is 9.21. The Bertz CT molecular complexity index is 380. The van der Waals surface area contributed by atoms with E-state index in [1.165, 1.54) is 10.5 Å². The SMILES string of the molecule is CC1Sc2ccccc2C(C#N)C1C. The van der Waals surface area contributed by atoms with Gasteiger partial charge in [0.15, 0.2) is 0 Å². The molecule has 1 aromatic carbocycles. The van der Waals surface area contributed by atoms with Crippen LogP contribution in [0.2, 0.25) is 0 Å². The minimum atomic E-state index is 0.0717. The molecule has 72 valence electrons. The molecule has 2 heteroatoms. The topological polar surface area (TPSA) is 23.8 Å². The fourth-order valence-corrected chi connectivity index (χ4v) is 3.15. The van der Waals surface area contributed by atoms with Crippen LogP contribution >= 0.6 is 11.8 Å². The fraction of sp³-hybridized carbons (Fsp3) is 0.417. The van der Waals surface area contributed by atoms with Crippen molar-refractivity contribution in [2.24, 2.45) is 5.92 Å². The maximum atomic E-state index is 9.17. The standard InChI is InChI=1S/C12H13NS/c1-8-9(2)14-12-6-4-3-5-10(12)11(8)7-13/h3-6,8-9,11H,1-2H3. The predicted molar refractivity (Wildman–Crippen MR) is 59.3 cm³/mol. The van der Waals surface area contributed by atoms with E-state index in [2.05, 4.69) is 32.0 Å². The molecule has 1 aliphatic heterocycles. The maximum Gasteiger partial charge on any atom is 0.0759 e. The zero-order chi connectivity index (χ0) is 10.1. The van der Waals surface area contributed by atoms with Gasteiger partial charge in [-0.3, -0.25) is 0 Å².